The molecule has 2 N–H and O–H groups in total. The maximum atomic E-state index is 12.0. The number of carbonyl (C=O) groups is 1. The average Bonchev–Trinajstić information content (AvgIpc) is 2.72. The summed E-state index contributed by atoms with van der Waals surface area (Å²) in [6.07, 6.45) is 0. The third-order valence-electron chi connectivity index (χ3n) is 2.39. The minimum atomic E-state index is -3.64. The zero-order valence-corrected chi connectivity index (χ0v) is 10.7. The van der Waals surface area contributed by atoms with Crippen LogP contribution in [0.4, 0.5) is 0 Å². The van der Waals surface area contributed by atoms with Crippen molar-refractivity contribution in [3.63, 3.8) is 0 Å². The van der Waals surface area contributed by atoms with Crippen LogP contribution < -0.4 is 10.0 Å². The van der Waals surface area contributed by atoms with Crippen LogP contribution in [0.3, 0.4) is 0 Å². The second-order valence-electron chi connectivity index (χ2n) is 3.58. The second-order valence-corrected chi connectivity index (χ2v) is 6.18. The number of nitrogens with one attached hydrogen (secondary N) is 2. The molecule has 2 heterocycles. The summed E-state index contributed by atoms with van der Waals surface area (Å²) in [6, 6.07) is 1.30. The van der Waals surface area contributed by atoms with Gasteiger partial charge in [0.1, 0.15) is 9.77 Å². The summed E-state index contributed by atoms with van der Waals surface area (Å²) in [7, 11) is -2.42. The summed E-state index contributed by atoms with van der Waals surface area (Å²) >= 11 is 1.05. The highest BCUT2D eigenvalue weighted by Crippen LogP contribution is 2.23. The van der Waals surface area contributed by atoms with Crippen molar-refractivity contribution < 1.29 is 17.9 Å². The first-order valence-corrected chi connectivity index (χ1v) is 7.30. The van der Waals surface area contributed by atoms with E-state index >= 15 is 0 Å². The molecule has 94 valence electrons. The van der Waals surface area contributed by atoms with Crippen LogP contribution in [-0.4, -0.2) is 40.6 Å². The maximum absolute atomic E-state index is 12.0. The number of hydrogen-bond donors (Lipinski definition) is 2. The Kier molecular flexibility index (Phi) is 3.48. The summed E-state index contributed by atoms with van der Waals surface area (Å²) in [4.78, 5) is 11.5. The molecule has 0 spiro atoms. The third kappa shape index (κ3) is 2.49. The zero-order valence-electron chi connectivity index (χ0n) is 9.10. The molecule has 2 rings (SSSR count). The third-order valence-corrected chi connectivity index (χ3v) is 4.98. The summed E-state index contributed by atoms with van der Waals surface area (Å²) < 4.78 is 31.1. The van der Waals surface area contributed by atoms with E-state index in [1.807, 2.05) is 0 Å². The molecule has 0 atom stereocenters. The van der Waals surface area contributed by atoms with Gasteiger partial charge in [-0.2, -0.15) is 0 Å². The molecular weight excluding hydrogens is 264 g/mol. The van der Waals surface area contributed by atoms with Gasteiger partial charge in [-0.15, -0.1) is 11.3 Å². The van der Waals surface area contributed by atoms with E-state index in [4.69, 9.17) is 0 Å². The molecule has 8 heteroatoms. The lowest BCUT2D eigenvalue weighted by Gasteiger charge is -2.27. The quantitative estimate of drug-likeness (QED) is 0.743. The minimum absolute atomic E-state index is 0.0127. The van der Waals surface area contributed by atoms with Crippen molar-refractivity contribution in [1.29, 1.82) is 0 Å². The average molecular weight is 276 g/mol. The highest BCUT2D eigenvalue weighted by Gasteiger charge is 2.29. The Morgan fingerprint density at radius 3 is 2.82 bits per heavy atom. The number of ether oxygens (including phenoxy) is 1. The van der Waals surface area contributed by atoms with E-state index in [-0.39, 0.29) is 15.8 Å². The van der Waals surface area contributed by atoms with E-state index < -0.39 is 16.0 Å². The number of sulfonamides is 1. The van der Waals surface area contributed by atoms with E-state index in [0.29, 0.717) is 13.1 Å². The van der Waals surface area contributed by atoms with Crippen LogP contribution in [0.25, 0.3) is 0 Å². The number of methoxy groups -OCH3 is 1. The molecule has 0 unspecified atom stereocenters. The van der Waals surface area contributed by atoms with Gasteiger partial charge in [0, 0.05) is 19.1 Å². The molecule has 1 aromatic rings. The van der Waals surface area contributed by atoms with E-state index in [2.05, 4.69) is 14.8 Å². The zero-order chi connectivity index (χ0) is 12.5. The van der Waals surface area contributed by atoms with Crippen molar-refractivity contribution in [3.05, 3.63) is 16.3 Å². The van der Waals surface area contributed by atoms with Crippen molar-refractivity contribution in [2.45, 2.75) is 10.9 Å². The fourth-order valence-corrected chi connectivity index (χ4v) is 3.98. The molecular formula is C9H12N2O4S2. The number of rotatable bonds is 4. The first kappa shape index (κ1) is 12.5. The Balaban J connectivity index is 2.26. The van der Waals surface area contributed by atoms with Gasteiger partial charge in [0.25, 0.3) is 0 Å². The fourth-order valence-electron chi connectivity index (χ4n) is 1.41. The number of esters is 1. The van der Waals surface area contributed by atoms with Gasteiger partial charge in [-0.05, 0) is 11.4 Å². The molecule has 1 aliphatic heterocycles. The monoisotopic (exact) mass is 276 g/mol. The largest absolute Gasteiger partial charge is 0.465 e. The molecule has 0 aliphatic carbocycles. The van der Waals surface area contributed by atoms with E-state index in [1.165, 1.54) is 13.2 Å². The van der Waals surface area contributed by atoms with Crippen LogP contribution in [-0.2, 0) is 14.8 Å². The standard InChI is InChI=1S/C9H12N2O4S2/c1-15-9(12)8-7(2-3-16-8)17(13,14)11-6-4-10-5-6/h2-3,6,10-11H,4-5H2,1H3. The van der Waals surface area contributed by atoms with Crippen molar-refractivity contribution in [1.82, 2.24) is 10.0 Å². The topological polar surface area (TPSA) is 84.5 Å². The lowest BCUT2D eigenvalue weighted by molar-refractivity contribution is 0.0602. The van der Waals surface area contributed by atoms with Gasteiger partial charge in [0.15, 0.2) is 0 Å². The molecule has 0 aromatic carbocycles. The van der Waals surface area contributed by atoms with Crippen molar-refractivity contribution in [2.24, 2.45) is 0 Å². The number of carbonyl (C=O) groups excluding carboxylic acids is 1. The number of hydrogen-bond acceptors (Lipinski definition) is 6. The molecule has 0 amide bonds. The highest BCUT2D eigenvalue weighted by molar-refractivity contribution is 7.89. The van der Waals surface area contributed by atoms with Crippen LogP contribution in [0, 0.1) is 0 Å². The molecule has 1 saturated heterocycles. The predicted molar refractivity (Wildman–Crippen MR) is 62.6 cm³/mol. The molecule has 0 saturated carbocycles. The fraction of sp³-hybridized carbons (Fsp3) is 0.444. The van der Waals surface area contributed by atoms with Crippen molar-refractivity contribution in [3.8, 4) is 0 Å². The Morgan fingerprint density at radius 1 is 1.59 bits per heavy atom. The van der Waals surface area contributed by atoms with Gasteiger partial charge in [-0.3, -0.25) is 0 Å². The summed E-state index contributed by atoms with van der Waals surface area (Å²) in [5, 5.41) is 4.52. The second kappa shape index (κ2) is 4.73. The molecule has 1 fully saturated rings. The van der Waals surface area contributed by atoms with Gasteiger partial charge in [-0.25, -0.2) is 17.9 Å². The van der Waals surface area contributed by atoms with Gasteiger partial charge >= 0.3 is 5.97 Å². The van der Waals surface area contributed by atoms with E-state index in [1.54, 1.807) is 5.38 Å². The molecule has 6 nitrogen and oxygen atoms in total. The first-order valence-electron chi connectivity index (χ1n) is 4.93. The molecule has 1 aromatic heterocycles. The first-order chi connectivity index (χ1) is 8.04. The van der Waals surface area contributed by atoms with Crippen LogP contribution in [0.5, 0.6) is 0 Å². The van der Waals surface area contributed by atoms with Gasteiger partial charge in [0.2, 0.25) is 10.0 Å². The summed E-state index contributed by atoms with van der Waals surface area (Å²) in [5.41, 5.74) is 0. The normalized spacial score (nSPS) is 16.5. The van der Waals surface area contributed by atoms with Gasteiger partial charge in [-0.1, -0.05) is 0 Å². The Bertz CT molecular complexity index is 519. The van der Waals surface area contributed by atoms with Crippen molar-refractivity contribution >= 4 is 27.3 Å². The smallest absolute Gasteiger partial charge is 0.349 e. The molecule has 1 aliphatic rings. The lowest BCUT2D eigenvalue weighted by Crippen LogP contribution is -2.56. The molecule has 0 bridgehead atoms. The molecule has 17 heavy (non-hydrogen) atoms. The maximum Gasteiger partial charge on any atom is 0.349 e. The SMILES string of the molecule is COC(=O)c1sccc1S(=O)(=O)NC1CNC1. The summed E-state index contributed by atoms with van der Waals surface area (Å²) in [5.74, 6) is -0.632. The van der Waals surface area contributed by atoms with Crippen LogP contribution in [0.2, 0.25) is 0 Å². The number of thiophene rings is 1. The van der Waals surface area contributed by atoms with E-state index in [0.717, 1.165) is 11.3 Å². The van der Waals surface area contributed by atoms with Gasteiger partial charge < -0.3 is 10.1 Å². The van der Waals surface area contributed by atoms with Crippen LogP contribution in [0.15, 0.2) is 16.3 Å². The Hall–Kier alpha value is -0.960. The van der Waals surface area contributed by atoms with Gasteiger partial charge in [0.05, 0.1) is 7.11 Å². The molecule has 0 radical (unpaired) electrons. The van der Waals surface area contributed by atoms with E-state index in [9.17, 15) is 13.2 Å². The predicted octanol–water partition coefficient (Wildman–Crippen LogP) is -0.215. The minimum Gasteiger partial charge on any atom is -0.465 e. The lowest BCUT2D eigenvalue weighted by atomic mass is 10.2. The highest BCUT2D eigenvalue weighted by atomic mass is 32.2. The Morgan fingerprint density at radius 2 is 2.29 bits per heavy atom. The van der Waals surface area contributed by atoms with Crippen LogP contribution >= 0.6 is 11.3 Å². The summed E-state index contributed by atoms with van der Waals surface area (Å²) in [6.45, 7) is 1.22. The Labute approximate surface area is 103 Å². The van der Waals surface area contributed by atoms with Crippen LogP contribution in [0.1, 0.15) is 9.67 Å². The van der Waals surface area contributed by atoms with Crippen molar-refractivity contribution in [2.75, 3.05) is 20.2 Å².